The van der Waals surface area contributed by atoms with Crippen molar-refractivity contribution in [2.24, 2.45) is 0 Å². The lowest BCUT2D eigenvalue weighted by atomic mass is 9.95. The molecule has 0 radical (unpaired) electrons. The normalized spacial score (nSPS) is 12.9. The molecule has 194 valence electrons. The second-order valence-electron chi connectivity index (χ2n) is 9.64. The third kappa shape index (κ3) is 4.54. The van der Waals surface area contributed by atoms with Crippen LogP contribution in [0.1, 0.15) is 39.1 Å². The fraction of sp³-hybridized carbons (Fsp3) is 0.161. The number of rotatable bonds is 6. The summed E-state index contributed by atoms with van der Waals surface area (Å²) >= 11 is 0. The average molecular weight is 521 g/mol. The molecule has 7 nitrogen and oxygen atoms in total. The molecule has 1 aliphatic rings. The largest absolute Gasteiger partial charge is 0.455 e. The quantitative estimate of drug-likeness (QED) is 0.289. The molecule has 2 amide bonds. The van der Waals surface area contributed by atoms with Crippen LogP contribution in [0.5, 0.6) is 0 Å². The summed E-state index contributed by atoms with van der Waals surface area (Å²) in [6.07, 6.45) is 6.64. The van der Waals surface area contributed by atoms with Crippen molar-refractivity contribution in [2.45, 2.75) is 25.8 Å². The number of furan rings is 1. The number of hydrogen-bond acceptors (Lipinski definition) is 5. The van der Waals surface area contributed by atoms with Gasteiger partial charge in [0.15, 0.2) is 0 Å². The Morgan fingerprint density at radius 2 is 1.69 bits per heavy atom. The lowest BCUT2D eigenvalue weighted by Gasteiger charge is -2.22. The molecule has 1 aliphatic carbocycles. The Morgan fingerprint density at radius 3 is 2.38 bits per heavy atom. The molecule has 2 aromatic heterocycles. The van der Waals surface area contributed by atoms with Crippen LogP contribution in [0, 0.1) is 12.7 Å². The number of fused-ring (bicyclic) bond motifs is 1. The summed E-state index contributed by atoms with van der Waals surface area (Å²) in [6, 6.07) is 17.2. The number of amides is 2. The number of halogens is 1. The van der Waals surface area contributed by atoms with Gasteiger partial charge in [0.25, 0.3) is 11.8 Å². The highest BCUT2D eigenvalue weighted by atomic mass is 19.1. The maximum Gasteiger partial charge on any atom is 0.258 e. The van der Waals surface area contributed by atoms with Crippen molar-refractivity contribution in [3.8, 4) is 22.5 Å². The Bertz CT molecular complexity index is 1710. The number of aryl methyl sites for hydroxylation is 1. The predicted molar refractivity (Wildman–Crippen MR) is 147 cm³/mol. The first-order valence-corrected chi connectivity index (χ1v) is 12.7. The van der Waals surface area contributed by atoms with Gasteiger partial charge in [-0.15, -0.1) is 0 Å². The summed E-state index contributed by atoms with van der Waals surface area (Å²) in [6.45, 7) is 1.98. The van der Waals surface area contributed by atoms with Crippen molar-refractivity contribution < 1.29 is 18.4 Å². The van der Waals surface area contributed by atoms with Gasteiger partial charge in [0.1, 0.15) is 23.5 Å². The maximum atomic E-state index is 13.7. The molecule has 0 saturated heterocycles. The van der Waals surface area contributed by atoms with Gasteiger partial charge in [-0.05, 0) is 85.0 Å². The minimum Gasteiger partial charge on any atom is -0.455 e. The molecule has 0 spiro atoms. The molecule has 2 heterocycles. The maximum absolute atomic E-state index is 13.7. The number of carbonyl (C=O) groups is 2. The SMILES string of the molecule is CNC(=O)c1c(-c2ccc(F)cc2)oc2ccc(-c3cc(C(=O)N(c4cncnc4)C4CC4)ccc3C)cc12. The summed E-state index contributed by atoms with van der Waals surface area (Å²) in [7, 11) is 1.56. The Balaban J connectivity index is 1.44. The van der Waals surface area contributed by atoms with Crippen molar-refractivity contribution in [2.75, 3.05) is 11.9 Å². The second-order valence-corrected chi connectivity index (χ2v) is 9.64. The van der Waals surface area contributed by atoms with Crippen LogP contribution >= 0.6 is 0 Å². The van der Waals surface area contributed by atoms with E-state index < -0.39 is 0 Å². The molecule has 0 bridgehead atoms. The highest BCUT2D eigenvalue weighted by molar-refractivity contribution is 6.12. The van der Waals surface area contributed by atoms with E-state index in [0.717, 1.165) is 29.5 Å². The summed E-state index contributed by atoms with van der Waals surface area (Å²) < 4.78 is 19.6. The topological polar surface area (TPSA) is 88.3 Å². The van der Waals surface area contributed by atoms with Crippen molar-refractivity contribution >= 4 is 28.5 Å². The monoisotopic (exact) mass is 520 g/mol. The Morgan fingerprint density at radius 1 is 0.974 bits per heavy atom. The summed E-state index contributed by atoms with van der Waals surface area (Å²) in [5, 5.41) is 3.31. The molecule has 1 saturated carbocycles. The smallest absolute Gasteiger partial charge is 0.258 e. The van der Waals surface area contributed by atoms with Crippen molar-refractivity contribution in [3.63, 3.8) is 0 Å². The highest BCUT2D eigenvalue weighted by Gasteiger charge is 2.35. The van der Waals surface area contributed by atoms with E-state index in [2.05, 4.69) is 15.3 Å². The molecule has 0 unspecified atom stereocenters. The van der Waals surface area contributed by atoms with E-state index in [9.17, 15) is 14.0 Å². The molecule has 8 heteroatoms. The summed E-state index contributed by atoms with van der Waals surface area (Å²) in [5.74, 6) is -0.422. The molecule has 1 N–H and O–H groups in total. The summed E-state index contributed by atoms with van der Waals surface area (Å²) in [4.78, 5) is 36.6. The van der Waals surface area contributed by atoms with Crippen molar-refractivity contribution in [1.29, 1.82) is 0 Å². The van der Waals surface area contributed by atoms with Gasteiger partial charge in [-0.2, -0.15) is 0 Å². The number of nitrogens with one attached hydrogen (secondary N) is 1. The van der Waals surface area contributed by atoms with Gasteiger partial charge in [-0.25, -0.2) is 14.4 Å². The summed E-state index contributed by atoms with van der Waals surface area (Å²) in [5.41, 5.74) is 5.42. The van der Waals surface area contributed by atoms with Crippen LogP contribution in [0.4, 0.5) is 10.1 Å². The van der Waals surface area contributed by atoms with Crippen LogP contribution in [-0.2, 0) is 0 Å². The van der Waals surface area contributed by atoms with Crippen LogP contribution in [0.15, 0.2) is 83.8 Å². The Labute approximate surface area is 224 Å². The highest BCUT2D eigenvalue weighted by Crippen LogP contribution is 2.38. The number of aromatic nitrogens is 2. The first kappa shape index (κ1) is 24.5. The van der Waals surface area contributed by atoms with Gasteiger partial charge < -0.3 is 14.6 Å². The van der Waals surface area contributed by atoms with Gasteiger partial charge in [0.2, 0.25) is 0 Å². The van der Waals surface area contributed by atoms with Gasteiger partial charge in [-0.1, -0.05) is 12.1 Å². The third-order valence-electron chi connectivity index (χ3n) is 7.00. The Kier molecular flexibility index (Phi) is 6.15. The van der Waals surface area contributed by atoms with E-state index in [0.29, 0.717) is 39.1 Å². The molecule has 0 atom stereocenters. The fourth-order valence-electron chi connectivity index (χ4n) is 4.87. The first-order valence-electron chi connectivity index (χ1n) is 12.7. The molecule has 6 rings (SSSR count). The molecule has 1 fully saturated rings. The first-order chi connectivity index (χ1) is 18.9. The zero-order chi connectivity index (χ0) is 27.1. The van der Waals surface area contributed by atoms with E-state index >= 15 is 0 Å². The van der Waals surface area contributed by atoms with E-state index in [4.69, 9.17) is 4.42 Å². The number of anilines is 1. The van der Waals surface area contributed by atoms with Crippen molar-refractivity contribution in [1.82, 2.24) is 15.3 Å². The van der Waals surface area contributed by atoms with E-state index in [1.807, 2.05) is 43.3 Å². The predicted octanol–water partition coefficient (Wildman–Crippen LogP) is 6.17. The Hall–Kier alpha value is -4.85. The molecular formula is C31H25FN4O3. The third-order valence-corrected chi connectivity index (χ3v) is 7.00. The minimum atomic E-state index is -0.372. The second kappa shape index (κ2) is 9.79. The molecule has 39 heavy (non-hydrogen) atoms. The molecule has 0 aliphatic heterocycles. The lowest BCUT2D eigenvalue weighted by Crippen LogP contribution is -2.33. The lowest BCUT2D eigenvalue weighted by molar-refractivity contribution is 0.0962. The van der Waals surface area contributed by atoms with E-state index in [1.54, 1.807) is 36.5 Å². The van der Waals surface area contributed by atoms with Crippen molar-refractivity contribution in [3.05, 3.63) is 102 Å². The van der Waals surface area contributed by atoms with Crippen LogP contribution < -0.4 is 10.2 Å². The molecule has 5 aromatic rings. The van der Waals surface area contributed by atoms with Crippen LogP contribution in [-0.4, -0.2) is 34.9 Å². The zero-order valence-electron chi connectivity index (χ0n) is 21.4. The standard InChI is InChI=1S/C31H25FN4O3/c1-18-3-4-21(31(38)36(23-10-11-23)24-15-34-17-35-16-24)14-25(18)20-7-12-27-26(13-20)28(30(37)33-2)29(39-27)19-5-8-22(32)9-6-19/h3-9,12-17,23H,10-11H2,1-2H3,(H,33,37). The van der Waals surface area contributed by atoms with Gasteiger partial charge in [0, 0.05) is 29.6 Å². The van der Waals surface area contributed by atoms with Crippen LogP contribution in [0.3, 0.4) is 0 Å². The van der Waals surface area contributed by atoms with Crippen LogP contribution in [0.25, 0.3) is 33.4 Å². The zero-order valence-corrected chi connectivity index (χ0v) is 21.4. The number of hydrogen-bond donors (Lipinski definition) is 1. The fourth-order valence-corrected chi connectivity index (χ4v) is 4.87. The molecular weight excluding hydrogens is 495 g/mol. The van der Waals surface area contributed by atoms with Gasteiger partial charge >= 0.3 is 0 Å². The number of benzene rings is 3. The van der Waals surface area contributed by atoms with Crippen LogP contribution in [0.2, 0.25) is 0 Å². The van der Waals surface area contributed by atoms with E-state index in [1.165, 1.54) is 18.5 Å². The van der Waals surface area contributed by atoms with Gasteiger partial charge in [-0.3, -0.25) is 9.59 Å². The minimum absolute atomic E-state index is 0.109. The average Bonchev–Trinajstić information content (AvgIpc) is 3.72. The number of carbonyl (C=O) groups excluding carboxylic acids is 2. The number of nitrogens with zero attached hydrogens (tertiary/aromatic N) is 3. The van der Waals surface area contributed by atoms with E-state index in [-0.39, 0.29) is 23.7 Å². The molecule has 3 aromatic carbocycles. The van der Waals surface area contributed by atoms with Gasteiger partial charge in [0.05, 0.1) is 23.6 Å².